The monoisotopic (exact) mass is 522 g/mol. The number of methoxy groups -OCH3 is 1. The Kier molecular flexibility index (Phi) is 7.45. The van der Waals surface area contributed by atoms with Crippen LogP contribution < -0.4 is 20.1 Å². The van der Waals surface area contributed by atoms with Crippen molar-refractivity contribution < 1.29 is 23.5 Å². The molecular formula is C27H31FN6O4. The number of anilines is 2. The van der Waals surface area contributed by atoms with Crippen LogP contribution in [-0.4, -0.2) is 85.1 Å². The highest BCUT2D eigenvalue weighted by atomic mass is 19.1. The van der Waals surface area contributed by atoms with Gasteiger partial charge in [-0.2, -0.15) is 0 Å². The molecule has 2 amide bonds. The molecule has 3 N–H and O–H groups in total. The number of halogens is 1. The van der Waals surface area contributed by atoms with Crippen LogP contribution in [0, 0.1) is 5.82 Å². The van der Waals surface area contributed by atoms with Crippen LogP contribution in [0.1, 0.15) is 28.9 Å². The van der Waals surface area contributed by atoms with Gasteiger partial charge in [-0.05, 0) is 18.2 Å². The van der Waals surface area contributed by atoms with Crippen molar-refractivity contribution in [2.24, 2.45) is 0 Å². The molecule has 1 saturated heterocycles. The van der Waals surface area contributed by atoms with Gasteiger partial charge in [-0.25, -0.2) is 4.39 Å². The van der Waals surface area contributed by atoms with Crippen molar-refractivity contribution in [3.63, 3.8) is 0 Å². The molecule has 0 radical (unpaired) electrons. The highest BCUT2D eigenvalue weighted by molar-refractivity contribution is 6.07. The number of benzene rings is 1. The van der Waals surface area contributed by atoms with Crippen LogP contribution in [0.25, 0.3) is 11.3 Å². The number of pyridine rings is 1. The zero-order chi connectivity index (χ0) is 26.6. The highest BCUT2D eigenvalue weighted by Gasteiger charge is 2.32. The van der Waals surface area contributed by atoms with Crippen LogP contribution in [0.3, 0.4) is 0 Å². The van der Waals surface area contributed by atoms with Gasteiger partial charge >= 0.3 is 0 Å². The minimum Gasteiger partial charge on any atom is -0.492 e. The standard InChI is InChI=1S/C27H31FN6O4/c1-17-14-30-27(36)22-23(17)32-24(25(22)31-20-5-3-4-19(28)26(20)37-2)18-6-7-29-15-21(18)38-13-12-33-8-10-34(16-35)11-9-33/h3-7,15-17,31-32H,8-14H2,1-2H3,(H,30,36). The number of carbonyl (C=O) groups is 2. The first-order valence-electron chi connectivity index (χ1n) is 12.6. The lowest BCUT2D eigenvalue weighted by atomic mass is 9.98. The van der Waals surface area contributed by atoms with Gasteiger partial charge in [0, 0.05) is 62.6 Å². The van der Waals surface area contributed by atoms with Gasteiger partial charge in [-0.15, -0.1) is 0 Å². The maximum Gasteiger partial charge on any atom is 0.255 e. The normalized spacial score (nSPS) is 17.5. The second-order valence-corrected chi connectivity index (χ2v) is 9.42. The molecule has 200 valence electrons. The van der Waals surface area contributed by atoms with Crippen LogP contribution in [0.2, 0.25) is 0 Å². The van der Waals surface area contributed by atoms with Crippen LogP contribution in [-0.2, 0) is 4.79 Å². The van der Waals surface area contributed by atoms with Crippen molar-refractivity contribution in [3.8, 4) is 22.8 Å². The molecule has 2 aliphatic heterocycles. The van der Waals surface area contributed by atoms with E-state index < -0.39 is 5.82 Å². The Hall–Kier alpha value is -4.12. The van der Waals surface area contributed by atoms with E-state index in [9.17, 15) is 14.0 Å². The van der Waals surface area contributed by atoms with Gasteiger partial charge in [0.15, 0.2) is 11.6 Å². The average Bonchev–Trinajstić information content (AvgIpc) is 3.32. The molecule has 5 rings (SSSR count). The Morgan fingerprint density at radius 1 is 1.24 bits per heavy atom. The lowest BCUT2D eigenvalue weighted by Crippen LogP contribution is -2.46. The predicted molar refractivity (Wildman–Crippen MR) is 141 cm³/mol. The second kappa shape index (κ2) is 11.1. The van der Waals surface area contributed by atoms with E-state index in [4.69, 9.17) is 9.47 Å². The van der Waals surface area contributed by atoms with E-state index in [-0.39, 0.29) is 17.6 Å². The highest BCUT2D eigenvalue weighted by Crippen LogP contribution is 2.43. The number of hydrogen-bond acceptors (Lipinski definition) is 7. The summed E-state index contributed by atoms with van der Waals surface area (Å²) in [5.41, 5.74) is 3.53. The number of H-pyrrole nitrogens is 1. The fraction of sp³-hybridized carbons (Fsp3) is 0.370. The number of nitrogens with zero attached hydrogens (tertiary/aromatic N) is 3. The van der Waals surface area contributed by atoms with E-state index in [1.54, 1.807) is 29.4 Å². The molecule has 0 bridgehead atoms. The first-order chi connectivity index (χ1) is 18.5. The van der Waals surface area contributed by atoms with Crippen LogP contribution in [0.4, 0.5) is 15.8 Å². The Morgan fingerprint density at radius 3 is 2.82 bits per heavy atom. The molecule has 0 saturated carbocycles. The topological polar surface area (TPSA) is 112 Å². The van der Waals surface area contributed by atoms with E-state index in [1.807, 2.05) is 13.0 Å². The molecule has 2 aromatic heterocycles. The maximum atomic E-state index is 14.5. The van der Waals surface area contributed by atoms with Gasteiger partial charge in [0.25, 0.3) is 5.91 Å². The molecule has 38 heavy (non-hydrogen) atoms. The van der Waals surface area contributed by atoms with Crippen molar-refractivity contribution in [2.75, 3.05) is 58.3 Å². The van der Waals surface area contributed by atoms with Crippen molar-refractivity contribution in [1.82, 2.24) is 25.1 Å². The van der Waals surface area contributed by atoms with Crippen molar-refractivity contribution >= 4 is 23.7 Å². The minimum absolute atomic E-state index is 0.0441. The summed E-state index contributed by atoms with van der Waals surface area (Å²) in [6.45, 7) is 6.66. The van der Waals surface area contributed by atoms with Crippen LogP contribution in [0.15, 0.2) is 36.7 Å². The van der Waals surface area contributed by atoms with Gasteiger partial charge in [0.1, 0.15) is 12.4 Å². The Labute approximate surface area is 220 Å². The number of aromatic amines is 1. The molecule has 11 heteroatoms. The number of fused-ring (bicyclic) bond motifs is 1. The molecule has 0 aliphatic carbocycles. The number of hydrogen-bond donors (Lipinski definition) is 3. The summed E-state index contributed by atoms with van der Waals surface area (Å²) in [5.74, 6) is -0.0752. The van der Waals surface area contributed by atoms with Gasteiger partial charge in [0.05, 0.1) is 35.9 Å². The van der Waals surface area contributed by atoms with Crippen molar-refractivity contribution in [1.29, 1.82) is 0 Å². The molecule has 0 spiro atoms. The largest absolute Gasteiger partial charge is 0.492 e. The molecule has 1 atom stereocenters. The first kappa shape index (κ1) is 25.5. The fourth-order valence-electron chi connectivity index (χ4n) is 4.92. The molecular weight excluding hydrogens is 491 g/mol. The van der Waals surface area contributed by atoms with Gasteiger partial charge in [0.2, 0.25) is 6.41 Å². The number of para-hydroxylation sites is 1. The molecule has 10 nitrogen and oxygen atoms in total. The number of aromatic nitrogens is 2. The van der Waals surface area contributed by atoms with Crippen LogP contribution in [0.5, 0.6) is 11.5 Å². The number of piperazine rings is 1. The van der Waals surface area contributed by atoms with Crippen molar-refractivity contribution in [3.05, 3.63) is 53.7 Å². The third-order valence-electron chi connectivity index (χ3n) is 7.02. The molecule has 4 heterocycles. The van der Waals surface area contributed by atoms with E-state index in [0.717, 1.165) is 30.8 Å². The summed E-state index contributed by atoms with van der Waals surface area (Å²) >= 11 is 0. The summed E-state index contributed by atoms with van der Waals surface area (Å²) in [5, 5.41) is 6.19. The Balaban J connectivity index is 1.47. The van der Waals surface area contributed by atoms with Gasteiger partial charge < -0.3 is 30.0 Å². The molecule has 2 aliphatic rings. The van der Waals surface area contributed by atoms with Crippen molar-refractivity contribution in [2.45, 2.75) is 12.8 Å². The summed E-state index contributed by atoms with van der Waals surface area (Å²) in [6.07, 6.45) is 4.20. The molecule has 1 fully saturated rings. The van der Waals surface area contributed by atoms with E-state index in [1.165, 1.54) is 13.2 Å². The number of rotatable bonds is 9. The Morgan fingerprint density at radius 2 is 2.05 bits per heavy atom. The van der Waals surface area contributed by atoms with E-state index in [2.05, 4.69) is 25.5 Å². The average molecular weight is 523 g/mol. The van der Waals surface area contributed by atoms with Gasteiger partial charge in [-0.1, -0.05) is 13.0 Å². The fourth-order valence-corrected chi connectivity index (χ4v) is 4.92. The maximum absolute atomic E-state index is 14.5. The van der Waals surface area contributed by atoms with Crippen LogP contribution >= 0.6 is 0 Å². The zero-order valence-electron chi connectivity index (χ0n) is 21.4. The quantitative estimate of drug-likeness (QED) is 0.371. The SMILES string of the molecule is COc1c(F)cccc1Nc1c(-c2ccncc2OCCN2CCN(C=O)CC2)[nH]c2c1C(=O)NCC2C. The zero-order valence-corrected chi connectivity index (χ0v) is 21.4. The van der Waals surface area contributed by atoms with E-state index >= 15 is 0 Å². The minimum atomic E-state index is -0.511. The second-order valence-electron chi connectivity index (χ2n) is 9.42. The predicted octanol–water partition coefficient (Wildman–Crippen LogP) is 2.97. The summed E-state index contributed by atoms with van der Waals surface area (Å²) in [4.78, 5) is 35.7. The van der Waals surface area contributed by atoms with E-state index in [0.29, 0.717) is 61.2 Å². The molecule has 3 aromatic rings. The lowest BCUT2D eigenvalue weighted by molar-refractivity contribution is -0.119. The molecule has 1 unspecified atom stereocenters. The summed E-state index contributed by atoms with van der Waals surface area (Å²) in [7, 11) is 1.40. The smallest absolute Gasteiger partial charge is 0.255 e. The number of carbonyl (C=O) groups excluding carboxylic acids is 2. The lowest BCUT2D eigenvalue weighted by Gasteiger charge is -2.32. The number of nitrogens with one attached hydrogen (secondary N) is 3. The molecule has 1 aromatic carbocycles. The first-order valence-corrected chi connectivity index (χ1v) is 12.6. The summed E-state index contributed by atoms with van der Waals surface area (Å²) in [6, 6.07) is 6.42. The third kappa shape index (κ3) is 5.01. The number of ether oxygens (including phenoxy) is 2. The Bertz CT molecular complexity index is 1320. The van der Waals surface area contributed by atoms with Gasteiger partial charge in [-0.3, -0.25) is 19.5 Å². The number of amides is 2. The third-order valence-corrected chi connectivity index (χ3v) is 7.02. The summed E-state index contributed by atoms with van der Waals surface area (Å²) < 4.78 is 26.0.